The predicted molar refractivity (Wildman–Crippen MR) is 113 cm³/mol. The van der Waals surface area contributed by atoms with Gasteiger partial charge in [-0.2, -0.15) is 0 Å². The van der Waals surface area contributed by atoms with Gasteiger partial charge in [0.1, 0.15) is 0 Å². The highest BCUT2D eigenvalue weighted by Gasteiger charge is 2.27. The van der Waals surface area contributed by atoms with Crippen molar-refractivity contribution in [1.82, 2.24) is 15.1 Å². The summed E-state index contributed by atoms with van der Waals surface area (Å²) in [5, 5.41) is 3.40. The molecule has 2 aromatic carbocycles. The lowest BCUT2D eigenvalue weighted by molar-refractivity contribution is -0.122. The lowest BCUT2D eigenvalue weighted by atomic mass is 9.96. The summed E-state index contributed by atoms with van der Waals surface area (Å²) < 4.78 is 0. The lowest BCUT2D eigenvalue weighted by Crippen LogP contribution is -2.53. The number of thiocarbonyl (C=S) groups is 1. The summed E-state index contributed by atoms with van der Waals surface area (Å²) in [6.07, 6.45) is 0. The van der Waals surface area contributed by atoms with E-state index >= 15 is 0 Å². The Labute approximate surface area is 167 Å². The number of benzene rings is 2. The van der Waals surface area contributed by atoms with Gasteiger partial charge in [0.05, 0.1) is 6.04 Å². The van der Waals surface area contributed by atoms with Crippen LogP contribution in [0.25, 0.3) is 0 Å². The van der Waals surface area contributed by atoms with Crippen LogP contribution in [0.4, 0.5) is 0 Å². The summed E-state index contributed by atoms with van der Waals surface area (Å²) in [6.45, 7) is 7.17. The molecular weight excluding hydrogens is 354 g/mol. The molecule has 0 bridgehead atoms. The van der Waals surface area contributed by atoms with Crippen molar-refractivity contribution >= 4 is 23.2 Å². The van der Waals surface area contributed by atoms with E-state index in [1.165, 1.54) is 11.1 Å². The van der Waals surface area contributed by atoms with Crippen LogP contribution >= 0.6 is 12.2 Å². The highest BCUT2D eigenvalue weighted by atomic mass is 32.1. The molecule has 0 saturated carbocycles. The number of nitrogens with one attached hydrogen (secondary N) is 1. The number of carbonyl (C=O) groups is 1. The number of nitrogens with zero attached hydrogens (tertiary/aromatic N) is 2. The summed E-state index contributed by atoms with van der Waals surface area (Å²) in [5.41, 5.74) is 2.60. The highest BCUT2D eigenvalue weighted by Crippen LogP contribution is 2.29. The molecule has 1 heterocycles. The van der Waals surface area contributed by atoms with Crippen LogP contribution in [0.5, 0.6) is 0 Å². The van der Waals surface area contributed by atoms with Crippen LogP contribution < -0.4 is 5.32 Å². The third-order valence-corrected chi connectivity index (χ3v) is 5.31. The SMILES string of the molecule is CC(C)C(=O)NC(=S)N1CCN(C(c2ccccc2)c2ccccc2)CC1. The monoisotopic (exact) mass is 381 g/mol. The molecule has 0 unspecified atom stereocenters. The van der Waals surface area contributed by atoms with Gasteiger partial charge in [-0.3, -0.25) is 9.69 Å². The molecule has 4 nitrogen and oxygen atoms in total. The summed E-state index contributed by atoms with van der Waals surface area (Å²) in [5.74, 6) is -0.0846. The quantitative estimate of drug-likeness (QED) is 0.823. The second-order valence-corrected chi connectivity index (χ2v) is 7.58. The fourth-order valence-corrected chi connectivity index (χ4v) is 3.68. The molecule has 1 aliphatic heterocycles. The molecule has 2 aromatic rings. The average Bonchev–Trinajstić information content (AvgIpc) is 2.70. The lowest BCUT2D eigenvalue weighted by Gasteiger charge is -2.40. The molecule has 1 amide bonds. The van der Waals surface area contributed by atoms with E-state index in [1.54, 1.807) is 0 Å². The van der Waals surface area contributed by atoms with Crippen molar-refractivity contribution in [3.63, 3.8) is 0 Å². The Morgan fingerprint density at radius 2 is 1.37 bits per heavy atom. The molecule has 1 saturated heterocycles. The van der Waals surface area contributed by atoms with Crippen molar-refractivity contribution < 1.29 is 4.79 Å². The average molecular weight is 382 g/mol. The molecule has 3 rings (SSSR count). The van der Waals surface area contributed by atoms with Crippen LogP contribution in [-0.2, 0) is 4.79 Å². The number of piperazine rings is 1. The van der Waals surface area contributed by atoms with E-state index in [4.69, 9.17) is 12.2 Å². The van der Waals surface area contributed by atoms with Crippen molar-refractivity contribution in [1.29, 1.82) is 0 Å². The minimum atomic E-state index is -0.0650. The molecule has 0 aromatic heterocycles. The maximum absolute atomic E-state index is 11.9. The van der Waals surface area contributed by atoms with E-state index < -0.39 is 0 Å². The Hall–Kier alpha value is -2.24. The van der Waals surface area contributed by atoms with Gasteiger partial charge in [0.25, 0.3) is 0 Å². The van der Waals surface area contributed by atoms with Crippen molar-refractivity contribution in [2.24, 2.45) is 5.92 Å². The second-order valence-electron chi connectivity index (χ2n) is 7.20. The maximum Gasteiger partial charge on any atom is 0.228 e. The Morgan fingerprint density at radius 3 is 1.81 bits per heavy atom. The molecule has 0 atom stereocenters. The standard InChI is InChI=1S/C22H27N3OS/c1-17(2)21(26)23-22(27)25-15-13-24(14-16-25)20(18-9-5-3-6-10-18)19-11-7-4-8-12-19/h3-12,17,20H,13-16H2,1-2H3,(H,23,26,27). The largest absolute Gasteiger partial charge is 0.346 e. The zero-order valence-electron chi connectivity index (χ0n) is 16.0. The predicted octanol–water partition coefficient (Wildman–Crippen LogP) is 3.45. The molecule has 27 heavy (non-hydrogen) atoms. The van der Waals surface area contributed by atoms with Gasteiger partial charge in [0.2, 0.25) is 5.91 Å². The van der Waals surface area contributed by atoms with Gasteiger partial charge < -0.3 is 10.2 Å². The molecule has 1 aliphatic rings. The van der Waals surface area contributed by atoms with E-state index in [9.17, 15) is 4.79 Å². The molecule has 1 fully saturated rings. The van der Waals surface area contributed by atoms with Gasteiger partial charge in [0, 0.05) is 32.1 Å². The number of rotatable bonds is 4. The van der Waals surface area contributed by atoms with E-state index in [1.807, 2.05) is 13.8 Å². The van der Waals surface area contributed by atoms with Gasteiger partial charge in [-0.25, -0.2) is 0 Å². The topological polar surface area (TPSA) is 35.6 Å². The van der Waals surface area contributed by atoms with Crippen LogP contribution in [0.3, 0.4) is 0 Å². The van der Waals surface area contributed by atoms with Crippen LogP contribution in [0.1, 0.15) is 31.0 Å². The number of hydrogen-bond donors (Lipinski definition) is 1. The maximum atomic E-state index is 11.9. The minimum absolute atomic E-state index is 0.0196. The highest BCUT2D eigenvalue weighted by molar-refractivity contribution is 7.80. The Morgan fingerprint density at radius 1 is 0.889 bits per heavy atom. The minimum Gasteiger partial charge on any atom is -0.346 e. The van der Waals surface area contributed by atoms with E-state index in [0.29, 0.717) is 5.11 Å². The van der Waals surface area contributed by atoms with Crippen molar-refractivity contribution in [3.05, 3.63) is 71.8 Å². The molecule has 0 aliphatic carbocycles. The zero-order valence-corrected chi connectivity index (χ0v) is 16.8. The Balaban J connectivity index is 1.70. The molecule has 0 spiro atoms. The van der Waals surface area contributed by atoms with Crippen LogP contribution in [-0.4, -0.2) is 47.0 Å². The fraction of sp³-hybridized carbons (Fsp3) is 0.364. The third kappa shape index (κ3) is 4.93. The first kappa shape index (κ1) is 19.5. The van der Waals surface area contributed by atoms with E-state index in [-0.39, 0.29) is 17.9 Å². The summed E-state index contributed by atoms with van der Waals surface area (Å²) in [7, 11) is 0. The molecule has 0 radical (unpaired) electrons. The van der Waals surface area contributed by atoms with Crippen molar-refractivity contribution in [2.75, 3.05) is 26.2 Å². The van der Waals surface area contributed by atoms with Crippen LogP contribution in [0, 0.1) is 5.92 Å². The Bertz CT molecular complexity index is 716. The van der Waals surface area contributed by atoms with Crippen LogP contribution in [0.2, 0.25) is 0 Å². The zero-order chi connectivity index (χ0) is 19.2. The van der Waals surface area contributed by atoms with Crippen molar-refractivity contribution in [2.45, 2.75) is 19.9 Å². The number of amides is 1. The summed E-state index contributed by atoms with van der Waals surface area (Å²) >= 11 is 5.44. The van der Waals surface area contributed by atoms with Gasteiger partial charge in [-0.1, -0.05) is 74.5 Å². The normalized spacial score (nSPS) is 15.2. The molecule has 5 heteroatoms. The fourth-order valence-electron chi connectivity index (χ4n) is 3.40. The van der Waals surface area contributed by atoms with Gasteiger partial charge >= 0.3 is 0 Å². The summed E-state index contributed by atoms with van der Waals surface area (Å²) in [4.78, 5) is 16.5. The van der Waals surface area contributed by atoms with E-state index in [0.717, 1.165) is 26.2 Å². The smallest absolute Gasteiger partial charge is 0.228 e. The second kappa shape index (κ2) is 9.11. The third-order valence-electron chi connectivity index (χ3n) is 4.95. The molecule has 142 valence electrons. The van der Waals surface area contributed by atoms with Crippen LogP contribution in [0.15, 0.2) is 60.7 Å². The first-order valence-electron chi connectivity index (χ1n) is 9.50. The number of carbonyl (C=O) groups excluding carboxylic acids is 1. The molecule has 1 N–H and O–H groups in total. The van der Waals surface area contributed by atoms with Crippen molar-refractivity contribution in [3.8, 4) is 0 Å². The number of hydrogen-bond acceptors (Lipinski definition) is 3. The first-order valence-corrected chi connectivity index (χ1v) is 9.91. The van der Waals surface area contributed by atoms with Gasteiger partial charge in [-0.05, 0) is 23.3 Å². The van der Waals surface area contributed by atoms with E-state index in [2.05, 4.69) is 75.8 Å². The molecular formula is C22H27N3OS. The Kier molecular flexibility index (Phi) is 6.58. The first-order chi connectivity index (χ1) is 13.1. The summed E-state index contributed by atoms with van der Waals surface area (Å²) in [6, 6.07) is 21.5. The van der Waals surface area contributed by atoms with Gasteiger partial charge in [-0.15, -0.1) is 0 Å². The van der Waals surface area contributed by atoms with Gasteiger partial charge in [0.15, 0.2) is 5.11 Å².